The van der Waals surface area contributed by atoms with Crippen molar-refractivity contribution in [2.24, 2.45) is 11.8 Å². The summed E-state index contributed by atoms with van der Waals surface area (Å²) in [7, 11) is 0. The minimum Gasteiger partial charge on any atom is -0.370 e. The second kappa shape index (κ2) is 10.5. The first kappa shape index (κ1) is 25.0. The number of aromatic nitrogens is 1. The van der Waals surface area contributed by atoms with Gasteiger partial charge in [0.05, 0.1) is 0 Å². The van der Waals surface area contributed by atoms with Gasteiger partial charge in [-0.05, 0) is 115 Å². The summed E-state index contributed by atoms with van der Waals surface area (Å²) in [5, 5.41) is 3.38. The molecule has 1 aromatic heterocycles. The molecule has 2 nitrogen and oxygen atoms in total. The van der Waals surface area contributed by atoms with Crippen LogP contribution < -0.4 is 5.32 Å². The third kappa shape index (κ3) is 5.63. The van der Waals surface area contributed by atoms with Gasteiger partial charge in [-0.3, -0.25) is 0 Å². The van der Waals surface area contributed by atoms with E-state index in [2.05, 4.69) is 83.9 Å². The van der Waals surface area contributed by atoms with Crippen LogP contribution in [0.15, 0.2) is 36.5 Å². The van der Waals surface area contributed by atoms with Crippen molar-refractivity contribution in [2.45, 2.75) is 68.2 Å². The summed E-state index contributed by atoms with van der Waals surface area (Å²) < 4.78 is 14.9. The zero-order valence-corrected chi connectivity index (χ0v) is 21.6. The van der Waals surface area contributed by atoms with Crippen molar-refractivity contribution in [3.8, 4) is 22.3 Å². The molecular formula is C30H39FN2. The van der Waals surface area contributed by atoms with E-state index in [1.165, 1.54) is 27.8 Å². The van der Waals surface area contributed by atoms with E-state index in [4.69, 9.17) is 0 Å². The molecule has 176 valence electrons. The van der Waals surface area contributed by atoms with Crippen molar-refractivity contribution >= 4 is 5.82 Å². The van der Waals surface area contributed by atoms with Gasteiger partial charge in [-0.1, -0.05) is 39.8 Å². The standard InChI is InChI=1S/C30H39FN2/c1-18(2)9-10-24-11-12-25(15-27(24)31)29-20(5)22(7)30(23(8)21(29)6)26-13-14-28(33-17-26)32-16-19(3)4/h11-15,17-19H,9-10,16H2,1-8H3,(H,32,33). The molecule has 0 aliphatic heterocycles. The first-order valence-corrected chi connectivity index (χ1v) is 12.2. The Labute approximate surface area is 199 Å². The molecule has 3 rings (SSSR count). The van der Waals surface area contributed by atoms with Crippen LogP contribution >= 0.6 is 0 Å². The summed E-state index contributed by atoms with van der Waals surface area (Å²) in [6.07, 6.45) is 3.74. The number of benzene rings is 2. The summed E-state index contributed by atoms with van der Waals surface area (Å²) in [6, 6.07) is 9.98. The predicted octanol–water partition coefficient (Wildman–Crippen LogP) is 8.44. The average molecular weight is 447 g/mol. The maximum atomic E-state index is 14.9. The van der Waals surface area contributed by atoms with Crippen LogP contribution in [0.1, 0.15) is 61.9 Å². The maximum Gasteiger partial charge on any atom is 0.127 e. The third-order valence-corrected chi connectivity index (χ3v) is 6.70. The molecule has 2 aromatic carbocycles. The normalized spacial score (nSPS) is 11.5. The number of pyridine rings is 1. The summed E-state index contributed by atoms with van der Waals surface area (Å²) in [5.74, 6) is 1.95. The monoisotopic (exact) mass is 446 g/mol. The smallest absolute Gasteiger partial charge is 0.127 e. The zero-order chi connectivity index (χ0) is 24.3. The van der Waals surface area contributed by atoms with Crippen molar-refractivity contribution in [3.05, 3.63) is 70.2 Å². The fourth-order valence-electron chi connectivity index (χ4n) is 4.48. The SMILES string of the molecule is Cc1c(C)c(-c2ccc(CCC(C)C)c(F)c2)c(C)c(C)c1-c1ccc(NCC(C)C)nc1. The van der Waals surface area contributed by atoms with Crippen molar-refractivity contribution in [1.29, 1.82) is 0 Å². The second-order valence-corrected chi connectivity index (χ2v) is 10.2. The molecule has 0 aliphatic carbocycles. The highest BCUT2D eigenvalue weighted by Crippen LogP contribution is 2.39. The molecule has 0 bridgehead atoms. The number of nitrogens with zero attached hydrogens (tertiary/aromatic N) is 1. The molecule has 1 heterocycles. The van der Waals surface area contributed by atoms with Crippen LogP contribution in [0.4, 0.5) is 10.2 Å². The molecule has 33 heavy (non-hydrogen) atoms. The predicted molar refractivity (Wildman–Crippen MR) is 141 cm³/mol. The Morgan fingerprint density at radius 3 is 1.85 bits per heavy atom. The molecule has 0 amide bonds. The Morgan fingerprint density at radius 2 is 1.36 bits per heavy atom. The molecular weight excluding hydrogens is 407 g/mol. The van der Waals surface area contributed by atoms with Crippen LogP contribution in [0.2, 0.25) is 0 Å². The van der Waals surface area contributed by atoms with Gasteiger partial charge in [0.2, 0.25) is 0 Å². The van der Waals surface area contributed by atoms with Gasteiger partial charge in [0.15, 0.2) is 0 Å². The number of anilines is 1. The quantitative estimate of drug-likeness (QED) is 0.375. The fourth-order valence-corrected chi connectivity index (χ4v) is 4.48. The summed E-state index contributed by atoms with van der Waals surface area (Å²) in [5.41, 5.74) is 10.1. The van der Waals surface area contributed by atoms with E-state index in [-0.39, 0.29) is 5.82 Å². The van der Waals surface area contributed by atoms with E-state index in [0.717, 1.165) is 47.5 Å². The Morgan fingerprint density at radius 1 is 0.788 bits per heavy atom. The summed E-state index contributed by atoms with van der Waals surface area (Å²) >= 11 is 0. The molecule has 0 saturated carbocycles. The van der Waals surface area contributed by atoms with Gasteiger partial charge in [-0.2, -0.15) is 0 Å². The van der Waals surface area contributed by atoms with Gasteiger partial charge in [-0.15, -0.1) is 0 Å². The molecule has 3 aromatic rings. The molecule has 0 saturated heterocycles. The highest BCUT2D eigenvalue weighted by molar-refractivity contribution is 5.82. The van der Waals surface area contributed by atoms with Crippen LogP contribution in [0.25, 0.3) is 22.3 Å². The van der Waals surface area contributed by atoms with Gasteiger partial charge in [0.25, 0.3) is 0 Å². The molecule has 0 spiro atoms. The number of rotatable bonds is 8. The van der Waals surface area contributed by atoms with E-state index in [1.807, 2.05) is 12.3 Å². The number of hydrogen-bond acceptors (Lipinski definition) is 2. The van der Waals surface area contributed by atoms with Gasteiger partial charge in [0, 0.05) is 18.3 Å². The van der Waals surface area contributed by atoms with Crippen LogP contribution in [0.5, 0.6) is 0 Å². The fraction of sp³-hybridized carbons (Fsp3) is 0.433. The Balaban J connectivity index is 1.99. The van der Waals surface area contributed by atoms with Crippen LogP contribution in [0.3, 0.4) is 0 Å². The van der Waals surface area contributed by atoms with E-state index in [0.29, 0.717) is 11.8 Å². The van der Waals surface area contributed by atoms with Gasteiger partial charge in [0.1, 0.15) is 11.6 Å². The van der Waals surface area contributed by atoms with Crippen molar-refractivity contribution in [2.75, 3.05) is 11.9 Å². The topological polar surface area (TPSA) is 24.9 Å². The van der Waals surface area contributed by atoms with E-state index >= 15 is 0 Å². The van der Waals surface area contributed by atoms with Crippen LogP contribution in [-0.4, -0.2) is 11.5 Å². The highest BCUT2D eigenvalue weighted by atomic mass is 19.1. The minimum atomic E-state index is -0.0972. The second-order valence-electron chi connectivity index (χ2n) is 10.2. The molecule has 3 heteroatoms. The molecule has 0 fully saturated rings. The molecule has 0 aliphatic rings. The lowest BCUT2D eigenvalue weighted by Crippen LogP contribution is -2.09. The summed E-state index contributed by atoms with van der Waals surface area (Å²) in [4.78, 5) is 4.64. The number of hydrogen-bond donors (Lipinski definition) is 1. The third-order valence-electron chi connectivity index (χ3n) is 6.70. The van der Waals surface area contributed by atoms with Crippen molar-refractivity contribution in [1.82, 2.24) is 4.98 Å². The van der Waals surface area contributed by atoms with Crippen LogP contribution in [0, 0.1) is 45.3 Å². The molecule has 0 unspecified atom stereocenters. The molecule has 0 radical (unpaired) electrons. The lowest BCUT2D eigenvalue weighted by atomic mass is 9.83. The van der Waals surface area contributed by atoms with Gasteiger partial charge < -0.3 is 5.32 Å². The average Bonchev–Trinajstić information content (AvgIpc) is 2.77. The highest BCUT2D eigenvalue weighted by Gasteiger charge is 2.18. The molecule has 1 N–H and O–H groups in total. The number of aryl methyl sites for hydroxylation is 1. The van der Waals surface area contributed by atoms with E-state index in [9.17, 15) is 4.39 Å². The first-order chi connectivity index (χ1) is 15.6. The van der Waals surface area contributed by atoms with Gasteiger partial charge in [-0.25, -0.2) is 9.37 Å². The van der Waals surface area contributed by atoms with E-state index in [1.54, 1.807) is 6.07 Å². The molecule has 0 atom stereocenters. The Hall–Kier alpha value is -2.68. The largest absolute Gasteiger partial charge is 0.370 e. The summed E-state index contributed by atoms with van der Waals surface area (Å²) in [6.45, 7) is 18.3. The minimum absolute atomic E-state index is 0.0972. The lowest BCUT2D eigenvalue weighted by molar-refractivity contribution is 0.558. The number of nitrogens with one attached hydrogen (secondary N) is 1. The van der Waals surface area contributed by atoms with Crippen molar-refractivity contribution < 1.29 is 4.39 Å². The maximum absolute atomic E-state index is 14.9. The Bertz CT molecular complexity index is 1080. The van der Waals surface area contributed by atoms with Crippen molar-refractivity contribution in [3.63, 3.8) is 0 Å². The Kier molecular flexibility index (Phi) is 7.94. The van der Waals surface area contributed by atoms with E-state index < -0.39 is 0 Å². The van der Waals surface area contributed by atoms with Gasteiger partial charge >= 0.3 is 0 Å². The van der Waals surface area contributed by atoms with Crippen LogP contribution in [-0.2, 0) is 6.42 Å². The zero-order valence-electron chi connectivity index (χ0n) is 21.6. The number of halogens is 1. The lowest BCUT2D eigenvalue weighted by Gasteiger charge is -2.21. The first-order valence-electron chi connectivity index (χ1n) is 12.2.